The van der Waals surface area contributed by atoms with Crippen LogP contribution in [0, 0.1) is 11.6 Å². The number of amides is 2. The van der Waals surface area contributed by atoms with Crippen LogP contribution in [0.15, 0.2) is 54.1 Å². The fourth-order valence-corrected chi connectivity index (χ4v) is 6.45. The molecule has 0 radical (unpaired) electrons. The van der Waals surface area contributed by atoms with Crippen LogP contribution < -0.4 is 10.6 Å². The van der Waals surface area contributed by atoms with Gasteiger partial charge in [-0.1, -0.05) is 18.9 Å². The van der Waals surface area contributed by atoms with E-state index < -0.39 is 87.4 Å². The third-order valence-corrected chi connectivity index (χ3v) is 9.37. The van der Waals surface area contributed by atoms with Crippen molar-refractivity contribution in [2.24, 2.45) is 0 Å². The second-order valence-corrected chi connectivity index (χ2v) is 12.7. The second kappa shape index (κ2) is 15.2. The van der Waals surface area contributed by atoms with Gasteiger partial charge in [-0.25, -0.2) is 23.8 Å². The van der Waals surface area contributed by atoms with Gasteiger partial charge < -0.3 is 25.7 Å². The Morgan fingerprint density at radius 1 is 0.962 bits per heavy atom. The summed E-state index contributed by atoms with van der Waals surface area (Å²) in [7, 11) is 3.16. The number of halogens is 8. The van der Waals surface area contributed by atoms with Crippen LogP contribution in [0.5, 0.6) is 0 Å². The summed E-state index contributed by atoms with van der Waals surface area (Å²) in [6, 6.07) is 4.69. The lowest BCUT2D eigenvalue weighted by atomic mass is 9.88. The molecule has 2 amide bonds. The molecule has 19 heteroatoms. The molecule has 1 spiro atoms. The van der Waals surface area contributed by atoms with E-state index in [1.54, 1.807) is 11.9 Å². The summed E-state index contributed by atoms with van der Waals surface area (Å²) in [5, 5.41) is 27.9. The molecular formula is C34H35F8N7O4. The van der Waals surface area contributed by atoms with Crippen molar-refractivity contribution >= 4 is 23.2 Å². The Morgan fingerprint density at radius 3 is 2.28 bits per heavy atom. The summed E-state index contributed by atoms with van der Waals surface area (Å²) in [6.07, 6.45) is -7.91. The van der Waals surface area contributed by atoms with E-state index in [1.807, 2.05) is 0 Å². The van der Waals surface area contributed by atoms with Crippen LogP contribution >= 0.6 is 0 Å². The van der Waals surface area contributed by atoms with Crippen LogP contribution in [0.25, 0.3) is 11.3 Å². The average molecular weight is 758 g/mol. The average Bonchev–Trinajstić information content (AvgIpc) is 3.60. The van der Waals surface area contributed by atoms with E-state index in [0.29, 0.717) is 50.5 Å². The summed E-state index contributed by atoms with van der Waals surface area (Å²) in [4.78, 5) is 36.5. The minimum Gasteiger partial charge on any atom is -0.509 e. The molecule has 5 rings (SSSR count). The maximum absolute atomic E-state index is 15.5. The molecule has 1 saturated carbocycles. The number of likely N-dealkylation sites (N-methyl/N-ethyl adjacent to an activating group) is 2. The van der Waals surface area contributed by atoms with E-state index in [0.717, 1.165) is 11.1 Å². The number of aliphatic hydroxyl groups is 2. The molecule has 0 saturated heterocycles. The molecule has 1 aliphatic heterocycles. The van der Waals surface area contributed by atoms with E-state index in [-0.39, 0.29) is 37.2 Å². The number of hydrogen-bond acceptors (Lipinski definition) is 9. The SMILES string of the molecule is CN(CCO)CCNc1ccc(CN2C(=O)C(C(=O)Nc3ccc(C(F)(F)F)cc3-c3cc(C(F)(F)F)ncn3)=C(O)C3(CCCC3)N2C)c(F)c1F. The van der Waals surface area contributed by atoms with E-state index in [1.165, 1.54) is 24.2 Å². The number of rotatable bonds is 11. The monoisotopic (exact) mass is 757 g/mol. The lowest BCUT2D eigenvalue weighted by Crippen LogP contribution is -2.62. The maximum Gasteiger partial charge on any atom is 0.433 e. The number of carbonyl (C=O) groups excluding carboxylic acids is 2. The fourth-order valence-electron chi connectivity index (χ4n) is 6.45. The summed E-state index contributed by atoms with van der Waals surface area (Å²) in [5.74, 6) is -5.67. The Balaban J connectivity index is 1.49. The highest BCUT2D eigenvalue weighted by molar-refractivity contribution is 6.24. The quantitative estimate of drug-likeness (QED) is 0.143. The highest BCUT2D eigenvalue weighted by Crippen LogP contribution is 2.45. The normalized spacial score (nSPS) is 16.6. The van der Waals surface area contributed by atoms with Crippen molar-refractivity contribution in [2.45, 2.75) is 50.1 Å². The van der Waals surface area contributed by atoms with Crippen molar-refractivity contribution in [2.75, 3.05) is 51.0 Å². The van der Waals surface area contributed by atoms with Gasteiger partial charge in [-0.2, -0.15) is 26.3 Å². The van der Waals surface area contributed by atoms with E-state index in [2.05, 4.69) is 20.6 Å². The number of aromatic nitrogens is 2. The first-order chi connectivity index (χ1) is 24.9. The Bertz CT molecular complexity index is 1900. The number of benzene rings is 2. The zero-order valence-corrected chi connectivity index (χ0v) is 28.4. The van der Waals surface area contributed by atoms with Crippen molar-refractivity contribution in [3.63, 3.8) is 0 Å². The van der Waals surface area contributed by atoms with Crippen LogP contribution in [0.1, 0.15) is 42.5 Å². The van der Waals surface area contributed by atoms with Gasteiger partial charge in [0.05, 0.1) is 41.3 Å². The van der Waals surface area contributed by atoms with Crippen molar-refractivity contribution in [1.29, 1.82) is 0 Å². The molecule has 0 unspecified atom stereocenters. The van der Waals surface area contributed by atoms with E-state index >= 15 is 8.78 Å². The minimum atomic E-state index is -4.99. The smallest absolute Gasteiger partial charge is 0.433 e. The molecule has 4 N–H and O–H groups in total. The van der Waals surface area contributed by atoms with Gasteiger partial charge in [-0.3, -0.25) is 14.6 Å². The van der Waals surface area contributed by atoms with Gasteiger partial charge in [0.1, 0.15) is 23.4 Å². The molecule has 0 bridgehead atoms. The third-order valence-electron chi connectivity index (χ3n) is 9.37. The highest BCUT2D eigenvalue weighted by Gasteiger charge is 2.53. The van der Waals surface area contributed by atoms with E-state index in [9.17, 15) is 41.0 Å². The molecule has 1 aromatic heterocycles. The maximum atomic E-state index is 15.5. The van der Waals surface area contributed by atoms with Crippen LogP contribution in [-0.4, -0.2) is 92.8 Å². The number of anilines is 2. The largest absolute Gasteiger partial charge is 0.509 e. The molecular weight excluding hydrogens is 722 g/mol. The fraction of sp³-hybridized carbons (Fsp3) is 0.412. The number of carbonyl (C=O) groups is 2. The first-order valence-corrected chi connectivity index (χ1v) is 16.3. The highest BCUT2D eigenvalue weighted by atomic mass is 19.4. The van der Waals surface area contributed by atoms with Crippen molar-refractivity contribution in [3.8, 4) is 11.3 Å². The van der Waals surface area contributed by atoms with Crippen molar-refractivity contribution in [3.05, 3.63) is 82.5 Å². The van der Waals surface area contributed by atoms with Gasteiger partial charge in [0, 0.05) is 37.8 Å². The van der Waals surface area contributed by atoms with Crippen LogP contribution in [-0.2, 0) is 28.5 Å². The molecule has 53 heavy (non-hydrogen) atoms. The van der Waals surface area contributed by atoms with Gasteiger partial charge in [-0.05, 0) is 50.2 Å². The molecule has 2 aliphatic rings. The zero-order valence-electron chi connectivity index (χ0n) is 28.4. The van der Waals surface area contributed by atoms with Gasteiger partial charge in [-0.15, -0.1) is 0 Å². The molecule has 3 aromatic rings. The number of nitrogens with zero attached hydrogens (tertiary/aromatic N) is 5. The third kappa shape index (κ3) is 8.06. The molecule has 0 atom stereocenters. The number of aliphatic hydroxyl groups excluding tert-OH is 2. The molecule has 1 fully saturated rings. The Labute approximate surface area is 297 Å². The standard InChI is InChI=1S/C34H35F8N7O4/c1-47(13-14-50)12-11-43-23-7-5-19(27(35)28(23)36)17-49-31(53)26(29(51)32(48(49)2)9-3-4-10-32)30(52)46-22-8-6-20(33(37,38)39)15-21(22)24-16-25(34(40,41)42)45-18-44-24/h5-8,15-16,18,43,50-51H,3-4,9-14,17H2,1-2H3,(H,46,52). The van der Waals surface area contributed by atoms with Gasteiger partial charge >= 0.3 is 12.4 Å². The minimum absolute atomic E-state index is 0.0826. The van der Waals surface area contributed by atoms with Crippen LogP contribution in [0.2, 0.25) is 0 Å². The number of hydrogen-bond donors (Lipinski definition) is 4. The zero-order chi connectivity index (χ0) is 38.9. The topological polar surface area (TPSA) is 134 Å². The first kappa shape index (κ1) is 39.3. The predicted octanol–water partition coefficient (Wildman–Crippen LogP) is 5.75. The Hall–Kier alpha value is -4.88. The first-order valence-electron chi connectivity index (χ1n) is 16.3. The van der Waals surface area contributed by atoms with Crippen molar-refractivity contribution in [1.82, 2.24) is 24.9 Å². The summed E-state index contributed by atoms with van der Waals surface area (Å²) in [5.41, 5.74) is -7.11. The molecule has 1 aliphatic carbocycles. The van der Waals surface area contributed by atoms with Gasteiger partial charge in [0.15, 0.2) is 11.6 Å². The Kier molecular flexibility index (Phi) is 11.3. The van der Waals surface area contributed by atoms with Gasteiger partial charge in [0.2, 0.25) is 0 Å². The van der Waals surface area contributed by atoms with Crippen LogP contribution in [0.3, 0.4) is 0 Å². The summed E-state index contributed by atoms with van der Waals surface area (Å²) in [6.45, 7) is 0.306. The summed E-state index contributed by atoms with van der Waals surface area (Å²) < 4.78 is 112. The molecule has 286 valence electrons. The molecule has 11 nitrogen and oxygen atoms in total. The molecule has 2 aromatic carbocycles. The lowest BCUT2D eigenvalue weighted by Gasteiger charge is -2.48. The Morgan fingerprint density at radius 2 is 1.64 bits per heavy atom. The van der Waals surface area contributed by atoms with E-state index in [4.69, 9.17) is 5.11 Å². The van der Waals surface area contributed by atoms with Crippen LogP contribution in [0.4, 0.5) is 46.5 Å². The predicted molar refractivity (Wildman–Crippen MR) is 175 cm³/mol. The molecule has 2 heterocycles. The van der Waals surface area contributed by atoms with Gasteiger partial charge in [0.25, 0.3) is 11.8 Å². The number of alkyl halides is 6. The number of hydrazine groups is 1. The lowest BCUT2D eigenvalue weighted by molar-refractivity contribution is -0.163. The summed E-state index contributed by atoms with van der Waals surface area (Å²) >= 11 is 0. The van der Waals surface area contributed by atoms with Crippen molar-refractivity contribution < 1.29 is 54.9 Å². The second-order valence-electron chi connectivity index (χ2n) is 12.7. The number of nitrogens with one attached hydrogen (secondary N) is 2.